The molecule has 0 radical (unpaired) electrons. The molecule has 0 amide bonds. The van der Waals surface area contributed by atoms with Crippen LogP contribution in [-0.2, 0) is 4.74 Å². The molecular formula is C8H11NO2. The van der Waals surface area contributed by atoms with E-state index in [9.17, 15) is 0 Å². The normalized spacial score (nSPS) is 24.3. The highest BCUT2D eigenvalue weighted by Gasteiger charge is 2.20. The Morgan fingerprint density at radius 3 is 3.09 bits per heavy atom. The summed E-state index contributed by atoms with van der Waals surface area (Å²) in [5.74, 6) is 1.35. The molecule has 60 valence electrons. The van der Waals surface area contributed by atoms with Crippen LogP contribution in [0.25, 0.3) is 0 Å². The van der Waals surface area contributed by atoms with Gasteiger partial charge in [-0.05, 0) is 13.3 Å². The maximum absolute atomic E-state index is 5.24. The van der Waals surface area contributed by atoms with Crippen molar-refractivity contribution in [2.45, 2.75) is 19.3 Å². The topological polar surface area (TPSA) is 35.3 Å². The number of nitrogens with zero attached hydrogens (tertiary/aromatic N) is 1. The lowest BCUT2D eigenvalue weighted by atomic mass is 10.1. The van der Waals surface area contributed by atoms with Crippen LogP contribution in [0.2, 0.25) is 0 Å². The summed E-state index contributed by atoms with van der Waals surface area (Å²) in [6.07, 6.45) is 1.08. The first kappa shape index (κ1) is 6.85. The van der Waals surface area contributed by atoms with E-state index < -0.39 is 0 Å². The van der Waals surface area contributed by atoms with Gasteiger partial charge in [-0.1, -0.05) is 5.16 Å². The van der Waals surface area contributed by atoms with Gasteiger partial charge in [0.15, 0.2) is 0 Å². The first-order valence-corrected chi connectivity index (χ1v) is 3.87. The van der Waals surface area contributed by atoms with Crippen LogP contribution in [0.4, 0.5) is 0 Å². The van der Waals surface area contributed by atoms with Crippen LogP contribution in [-0.4, -0.2) is 18.4 Å². The fraction of sp³-hybridized carbons (Fsp3) is 0.625. The summed E-state index contributed by atoms with van der Waals surface area (Å²) in [7, 11) is 0. The molecule has 0 spiro atoms. The summed E-state index contributed by atoms with van der Waals surface area (Å²) in [5, 5.41) is 3.94. The molecule has 1 unspecified atom stereocenters. The molecule has 2 heterocycles. The maximum atomic E-state index is 5.24. The smallest absolute Gasteiger partial charge is 0.133 e. The van der Waals surface area contributed by atoms with Gasteiger partial charge < -0.3 is 9.26 Å². The van der Waals surface area contributed by atoms with E-state index in [-0.39, 0.29) is 0 Å². The second-order valence-electron chi connectivity index (χ2n) is 2.92. The molecular weight excluding hydrogens is 142 g/mol. The minimum Gasteiger partial charge on any atom is -0.381 e. The van der Waals surface area contributed by atoms with Crippen molar-refractivity contribution in [3.63, 3.8) is 0 Å². The molecule has 0 saturated carbocycles. The van der Waals surface area contributed by atoms with E-state index in [1.807, 2.05) is 13.0 Å². The van der Waals surface area contributed by atoms with Crippen molar-refractivity contribution in [1.82, 2.24) is 5.16 Å². The van der Waals surface area contributed by atoms with E-state index in [4.69, 9.17) is 9.26 Å². The Labute approximate surface area is 65.3 Å². The Hall–Kier alpha value is -0.830. The van der Waals surface area contributed by atoms with E-state index in [1.54, 1.807) is 0 Å². The molecule has 0 N–H and O–H groups in total. The lowest BCUT2D eigenvalue weighted by Crippen LogP contribution is -1.96. The van der Waals surface area contributed by atoms with Gasteiger partial charge in [0.2, 0.25) is 0 Å². The molecule has 0 bridgehead atoms. The summed E-state index contributed by atoms with van der Waals surface area (Å²) >= 11 is 0. The van der Waals surface area contributed by atoms with Crippen molar-refractivity contribution < 1.29 is 9.26 Å². The van der Waals surface area contributed by atoms with Gasteiger partial charge in [-0.25, -0.2) is 0 Å². The van der Waals surface area contributed by atoms with Crippen LogP contribution in [0.3, 0.4) is 0 Å². The SMILES string of the molecule is Cc1cc(C2CCOC2)no1. The van der Waals surface area contributed by atoms with E-state index in [0.717, 1.165) is 31.1 Å². The third-order valence-electron chi connectivity index (χ3n) is 1.99. The standard InChI is InChI=1S/C8H11NO2/c1-6-4-8(9-11-6)7-2-3-10-5-7/h4,7H,2-3,5H2,1H3. The highest BCUT2D eigenvalue weighted by Crippen LogP contribution is 2.24. The van der Waals surface area contributed by atoms with Crippen molar-refractivity contribution in [3.8, 4) is 0 Å². The molecule has 1 aliphatic heterocycles. The highest BCUT2D eigenvalue weighted by molar-refractivity contribution is 5.10. The van der Waals surface area contributed by atoms with Gasteiger partial charge in [0.25, 0.3) is 0 Å². The minimum atomic E-state index is 0.465. The largest absolute Gasteiger partial charge is 0.381 e. The van der Waals surface area contributed by atoms with Crippen LogP contribution in [0, 0.1) is 6.92 Å². The van der Waals surface area contributed by atoms with Gasteiger partial charge >= 0.3 is 0 Å². The average Bonchev–Trinajstić information content (AvgIpc) is 2.55. The fourth-order valence-corrected chi connectivity index (χ4v) is 1.35. The minimum absolute atomic E-state index is 0.465. The monoisotopic (exact) mass is 153 g/mol. The summed E-state index contributed by atoms with van der Waals surface area (Å²) in [5.41, 5.74) is 1.04. The first-order valence-electron chi connectivity index (χ1n) is 3.87. The number of aromatic nitrogens is 1. The van der Waals surface area contributed by atoms with Gasteiger partial charge in [0.1, 0.15) is 5.76 Å². The molecule has 2 rings (SSSR count). The molecule has 1 atom stereocenters. The molecule has 1 aromatic heterocycles. The van der Waals surface area contributed by atoms with Crippen LogP contribution in [0.1, 0.15) is 23.8 Å². The zero-order valence-electron chi connectivity index (χ0n) is 6.54. The molecule has 3 nitrogen and oxygen atoms in total. The van der Waals surface area contributed by atoms with E-state index in [1.165, 1.54) is 0 Å². The zero-order valence-corrected chi connectivity index (χ0v) is 6.54. The van der Waals surface area contributed by atoms with E-state index >= 15 is 0 Å². The second kappa shape index (κ2) is 2.66. The molecule has 0 aliphatic carbocycles. The quantitative estimate of drug-likeness (QED) is 0.613. The molecule has 1 aromatic rings. The predicted molar refractivity (Wildman–Crippen MR) is 39.4 cm³/mol. The van der Waals surface area contributed by atoms with Gasteiger partial charge in [-0.15, -0.1) is 0 Å². The Morgan fingerprint density at radius 2 is 2.55 bits per heavy atom. The van der Waals surface area contributed by atoms with Gasteiger partial charge in [0, 0.05) is 18.6 Å². The van der Waals surface area contributed by atoms with Gasteiger partial charge in [-0.3, -0.25) is 0 Å². The van der Waals surface area contributed by atoms with Crippen LogP contribution in [0.15, 0.2) is 10.6 Å². The third-order valence-corrected chi connectivity index (χ3v) is 1.99. The molecule has 0 aromatic carbocycles. The zero-order chi connectivity index (χ0) is 7.68. The molecule has 1 aliphatic rings. The Bertz CT molecular complexity index is 238. The lowest BCUT2D eigenvalue weighted by Gasteiger charge is -1.98. The Balaban J connectivity index is 2.15. The van der Waals surface area contributed by atoms with E-state index in [2.05, 4.69) is 5.16 Å². The second-order valence-corrected chi connectivity index (χ2v) is 2.92. The summed E-state index contributed by atoms with van der Waals surface area (Å²) in [4.78, 5) is 0. The van der Waals surface area contributed by atoms with Crippen molar-refractivity contribution >= 4 is 0 Å². The number of rotatable bonds is 1. The molecule has 1 fully saturated rings. The number of ether oxygens (including phenoxy) is 1. The molecule has 1 saturated heterocycles. The number of hydrogen-bond acceptors (Lipinski definition) is 3. The van der Waals surface area contributed by atoms with Gasteiger partial charge in [-0.2, -0.15) is 0 Å². The van der Waals surface area contributed by atoms with Crippen LogP contribution < -0.4 is 0 Å². The average molecular weight is 153 g/mol. The van der Waals surface area contributed by atoms with Crippen molar-refractivity contribution in [2.24, 2.45) is 0 Å². The molecule has 11 heavy (non-hydrogen) atoms. The maximum Gasteiger partial charge on any atom is 0.133 e. The third kappa shape index (κ3) is 1.28. The van der Waals surface area contributed by atoms with Crippen molar-refractivity contribution in [3.05, 3.63) is 17.5 Å². The summed E-state index contributed by atoms with van der Waals surface area (Å²) < 4.78 is 10.2. The Kier molecular flexibility index (Phi) is 1.66. The highest BCUT2D eigenvalue weighted by atomic mass is 16.5. The first-order chi connectivity index (χ1) is 5.36. The van der Waals surface area contributed by atoms with Crippen molar-refractivity contribution in [1.29, 1.82) is 0 Å². The Morgan fingerprint density at radius 1 is 1.64 bits per heavy atom. The predicted octanol–water partition coefficient (Wildman–Crippen LogP) is 1.49. The van der Waals surface area contributed by atoms with Crippen LogP contribution in [0.5, 0.6) is 0 Å². The van der Waals surface area contributed by atoms with Gasteiger partial charge in [0.05, 0.1) is 12.3 Å². The number of aryl methyl sites for hydroxylation is 1. The van der Waals surface area contributed by atoms with Crippen LogP contribution >= 0.6 is 0 Å². The van der Waals surface area contributed by atoms with E-state index in [0.29, 0.717) is 5.92 Å². The summed E-state index contributed by atoms with van der Waals surface area (Å²) in [6.45, 7) is 3.56. The lowest BCUT2D eigenvalue weighted by molar-refractivity contribution is 0.193. The van der Waals surface area contributed by atoms with Crippen molar-refractivity contribution in [2.75, 3.05) is 13.2 Å². The summed E-state index contributed by atoms with van der Waals surface area (Å²) in [6, 6.07) is 1.99. The number of hydrogen-bond donors (Lipinski definition) is 0. The fourth-order valence-electron chi connectivity index (χ4n) is 1.35. The molecule has 3 heteroatoms.